The van der Waals surface area contributed by atoms with E-state index in [2.05, 4.69) is 40.9 Å². The molecule has 0 aromatic rings. The van der Waals surface area contributed by atoms with E-state index in [1.54, 1.807) is 0 Å². The number of hydrogen-bond donors (Lipinski definition) is 1. The zero-order chi connectivity index (χ0) is 11.5. The first-order valence-corrected chi connectivity index (χ1v) is 5.10. The topological polar surface area (TPSA) is 57.1 Å². The van der Waals surface area contributed by atoms with Gasteiger partial charge in [0, 0.05) is 6.54 Å². The maximum Gasteiger partial charge on any atom is 0.241 e. The quantitative estimate of drug-likeness (QED) is 0.354. The zero-order valence-electron chi connectivity index (χ0n) is 9.57. The van der Waals surface area contributed by atoms with Crippen LogP contribution in [-0.2, 0) is 4.79 Å². The fourth-order valence-corrected chi connectivity index (χ4v) is 0.972. The third-order valence-corrected chi connectivity index (χ3v) is 1.98. The van der Waals surface area contributed by atoms with E-state index in [1.807, 2.05) is 0 Å². The van der Waals surface area contributed by atoms with Gasteiger partial charge in [-0.2, -0.15) is 0 Å². The van der Waals surface area contributed by atoms with Gasteiger partial charge in [-0.15, -0.1) is 0 Å². The van der Waals surface area contributed by atoms with Crippen LogP contribution in [0.5, 0.6) is 0 Å². The van der Waals surface area contributed by atoms with Crippen molar-refractivity contribution in [1.29, 1.82) is 0 Å². The van der Waals surface area contributed by atoms with Gasteiger partial charge in [-0.3, -0.25) is 14.8 Å². The highest BCUT2D eigenvalue weighted by Gasteiger charge is 1.98. The van der Waals surface area contributed by atoms with Crippen molar-refractivity contribution in [1.82, 2.24) is 10.2 Å². The van der Waals surface area contributed by atoms with Crippen molar-refractivity contribution >= 4 is 19.0 Å². The number of aliphatic imine (C=N–C) groups is 2. The number of carbonyl (C=O) groups excluding carboxylic acids is 1. The number of rotatable bonds is 8. The van der Waals surface area contributed by atoms with Gasteiger partial charge in [0.2, 0.25) is 5.91 Å². The van der Waals surface area contributed by atoms with Crippen molar-refractivity contribution in [2.24, 2.45) is 9.98 Å². The molecule has 0 fully saturated rings. The van der Waals surface area contributed by atoms with Crippen LogP contribution in [0.1, 0.15) is 13.3 Å². The Bertz CT molecular complexity index is 215. The van der Waals surface area contributed by atoms with Gasteiger partial charge in [-0.25, -0.2) is 0 Å². The molecule has 0 atom stereocenters. The molecule has 0 aromatic heterocycles. The van der Waals surface area contributed by atoms with Gasteiger partial charge in [-0.1, -0.05) is 6.92 Å². The maximum atomic E-state index is 11.1. The summed E-state index contributed by atoms with van der Waals surface area (Å²) in [6, 6.07) is 0. The van der Waals surface area contributed by atoms with Crippen molar-refractivity contribution in [3.63, 3.8) is 0 Å². The normalized spacial score (nSPS) is 10.9. The number of carbonyl (C=O) groups is 1. The Morgan fingerprint density at radius 1 is 1.60 bits per heavy atom. The van der Waals surface area contributed by atoms with Crippen molar-refractivity contribution in [3.8, 4) is 0 Å². The number of nitrogens with one attached hydrogen (secondary N) is 1. The molecule has 0 aliphatic carbocycles. The predicted molar refractivity (Wildman–Crippen MR) is 63.7 cm³/mol. The molecule has 0 bridgehead atoms. The molecule has 0 spiro atoms. The molecule has 0 aliphatic rings. The largest absolute Gasteiger partial charge is 0.354 e. The first-order chi connectivity index (χ1) is 7.20. The molecule has 0 unspecified atom stereocenters. The highest BCUT2D eigenvalue weighted by Crippen LogP contribution is 1.84. The molecular weight excluding hydrogens is 192 g/mol. The van der Waals surface area contributed by atoms with E-state index in [9.17, 15) is 4.79 Å². The Balaban J connectivity index is 3.39. The smallest absolute Gasteiger partial charge is 0.241 e. The summed E-state index contributed by atoms with van der Waals surface area (Å²) in [5.41, 5.74) is 0. The molecule has 1 amide bonds. The third kappa shape index (κ3) is 9.08. The second-order valence-corrected chi connectivity index (χ2v) is 3.24. The number of amides is 1. The SMILES string of the molecule is C=N/C=N\CC(=O)NCCCN(C)CC. The summed E-state index contributed by atoms with van der Waals surface area (Å²) in [6.07, 6.45) is 2.24. The first kappa shape index (κ1) is 13.8. The Morgan fingerprint density at radius 2 is 2.33 bits per heavy atom. The molecule has 0 aromatic carbocycles. The minimum absolute atomic E-state index is 0.0750. The molecule has 0 radical (unpaired) electrons. The van der Waals surface area contributed by atoms with E-state index in [1.165, 1.54) is 6.34 Å². The average Bonchev–Trinajstić information content (AvgIpc) is 2.24. The summed E-state index contributed by atoms with van der Waals surface area (Å²) in [5, 5.41) is 2.78. The molecule has 1 N–H and O–H groups in total. The molecule has 15 heavy (non-hydrogen) atoms. The van der Waals surface area contributed by atoms with Crippen LogP contribution < -0.4 is 5.32 Å². The van der Waals surface area contributed by atoms with Gasteiger partial charge in [-0.05, 0) is 33.3 Å². The van der Waals surface area contributed by atoms with Crippen LogP contribution in [-0.4, -0.2) is 57.1 Å². The van der Waals surface area contributed by atoms with Gasteiger partial charge >= 0.3 is 0 Å². The van der Waals surface area contributed by atoms with Crippen LogP contribution in [0, 0.1) is 0 Å². The Kier molecular flexibility index (Phi) is 8.56. The minimum Gasteiger partial charge on any atom is -0.354 e. The number of nitrogens with zero attached hydrogens (tertiary/aromatic N) is 3. The van der Waals surface area contributed by atoms with E-state index in [0.717, 1.165) is 19.5 Å². The molecule has 0 saturated heterocycles. The van der Waals surface area contributed by atoms with Crippen molar-refractivity contribution < 1.29 is 4.79 Å². The van der Waals surface area contributed by atoms with Crippen LogP contribution in [0.3, 0.4) is 0 Å². The Labute approximate surface area is 91.3 Å². The van der Waals surface area contributed by atoms with Gasteiger partial charge in [0.25, 0.3) is 0 Å². The van der Waals surface area contributed by atoms with Crippen molar-refractivity contribution in [2.75, 3.05) is 33.2 Å². The monoisotopic (exact) mass is 212 g/mol. The molecule has 0 heterocycles. The van der Waals surface area contributed by atoms with Crippen molar-refractivity contribution in [3.05, 3.63) is 0 Å². The van der Waals surface area contributed by atoms with Crippen LogP contribution in [0.4, 0.5) is 0 Å². The van der Waals surface area contributed by atoms with E-state index in [-0.39, 0.29) is 12.5 Å². The predicted octanol–water partition coefficient (Wildman–Crippen LogP) is 0.173. The summed E-state index contributed by atoms with van der Waals surface area (Å²) in [5.74, 6) is -0.0750. The lowest BCUT2D eigenvalue weighted by Crippen LogP contribution is -2.29. The van der Waals surface area contributed by atoms with E-state index in [4.69, 9.17) is 0 Å². The first-order valence-electron chi connectivity index (χ1n) is 5.10. The fourth-order valence-electron chi connectivity index (χ4n) is 0.972. The van der Waals surface area contributed by atoms with Crippen LogP contribution >= 0.6 is 0 Å². The molecule has 86 valence electrons. The fraction of sp³-hybridized carbons (Fsp3) is 0.700. The molecule has 5 heteroatoms. The van der Waals surface area contributed by atoms with E-state index in [0.29, 0.717) is 6.54 Å². The summed E-state index contributed by atoms with van der Waals surface area (Å²) >= 11 is 0. The van der Waals surface area contributed by atoms with Crippen LogP contribution in [0.15, 0.2) is 9.98 Å². The van der Waals surface area contributed by atoms with Crippen LogP contribution in [0.25, 0.3) is 0 Å². The summed E-state index contributed by atoms with van der Waals surface area (Å²) in [7, 11) is 2.06. The highest BCUT2D eigenvalue weighted by molar-refractivity contribution is 5.79. The molecular formula is C10H20N4O. The maximum absolute atomic E-state index is 11.1. The molecule has 0 saturated carbocycles. The van der Waals surface area contributed by atoms with Gasteiger partial charge in [0.15, 0.2) is 0 Å². The molecule has 0 rings (SSSR count). The summed E-state index contributed by atoms with van der Waals surface area (Å²) < 4.78 is 0. The van der Waals surface area contributed by atoms with E-state index >= 15 is 0 Å². The standard InChI is InChI=1S/C10H20N4O/c1-4-14(3)7-5-6-13-10(15)8-12-9-11-2/h9H,2,4-8H2,1,3H3,(H,13,15)/b12-9-. The van der Waals surface area contributed by atoms with Gasteiger partial charge in [0.05, 0.1) is 0 Å². The lowest BCUT2D eigenvalue weighted by atomic mass is 10.4. The highest BCUT2D eigenvalue weighted by atomic mass is 16.1. The zero-order valence-corrected chi connectivity index (χ0v) is 9.57. The van der Waals surface area contributed by atoms with Crippen molar-refractivity contribution in [2.45, 2.75) is 13.3 Å². The average molecular weight is 212 g/mol. The third-order valence-electron chi connectivity index (χ3n) is 1.98. The molecule has 0 aliphatic heterocycles. The summed E-state index contributed by atoms with van der Waals surface area (Å²) in [6.45, 7) is 8.18. The van der Waals surface area contributed by atoms with E-state index < -0.39 is 0 Å². The second-order valence-electron chi connectivity index (χ2n) is 3.24. The Morgan fingerprint density at radius 3 is 2.93 bits per heavy atom. The molecule has 5 nitrogen and oxygen atoms in total. The lowest BCUT2D eigenvalue weighted by Gasteiger charge is -2.13. The minimum atomic E-state index is -0.0750. The number of hydrogen-bond acceptors (Lipinski definition) is 3. The van der Waals surface area contributed by atoms with Gasteiger partial charge < -0.3 is 10.2 Å². The summed E-state index contributed by atoms with van der Waals surface area (Å²) in [4.78, 5) is 20.5. The van der Waals surface area contributed by atoms with Crippen LogP contribution in [0.2, 0.25) is 0 Å². The Hall–Kier alpha value is -1.23. The second kappa shape index (κ2) is 9.33. The lowest BCUT2D eigenvalue weighted by molar-refractivity contribution is -0.119. The van der Waals surface area contributed by atoms with Gasteiger partial charge in [0.1, 0.15) is 12.9 Å².